The Bertz CT molecular complexity index is 1540. The van der Waals surface area contributed by atoms with E-state index in [0.717, 1.165) is 42.4 Å². The largest absolute Gasteiger partial charge is 0.369 e. The molecule has 4 aromatic rings. The van der Waals surface area contributed by atoms with Gasteiger partial charge in [-0.25, -0.2) is 12.9 Å². The maximum Gasteiger partial charge on any atom is 0.247 e. The summed E-state index contributed by atoms with van der Waals surface area (Å²) in [6.45, 7) is 4.08. The lowest BCUT2D eigenvalue weighted by Crippen LogP contribution is -2.44. The van der Waals surface area contributed by atoms with Crippen LogP contribution in [0.25, 0.3) is 5.65 Å². The molecule has 0 atom stereocenters. The fourth-order valence-electron chi connectivity index (χ4n) is 4.35. The van der Waals surface area contributed by atoms with E-state index in [9.17, 15) is 13.2 Å². The van der Waals surface area contributed by atoms with Crippen LogP contribution in [0.2, 0.25) is 0 Å². The molecule has 3 heterocycles. The molecular weight excluding hydrogens is 490 g/mol. The van der Waals surface area contributed by atoms with Gasteiger partial charge in [-0.15, -0.1) is 5.10 Å². The van der Waals surface area contributed by atoms with Crippen LogP contribution >= 0.6 is 0 Å². The van der Waals surface area contributed by atoms with Gasteiger partial charge in [-0.05, 0) is 55.6 Å². The molecule has 1 aliphatic rings. The molecule has 37 heavy (non-hydrogen) atoms. The Morgan fingerprint density at radius 1 is 0.946 bits per heavy atom. The first-order chi connectivity index (χ1) is 17.7. The maximum atomic E-state index is 13.6. The highest BCUT2D eigenvalue weighted by Crippen LogP contribution is 2.26. The topological polar surface area (TPSA) is 103 Å². The molecule has 11 heteroatoms. The van der Waals surface area contributed by atoms with Crippen molar-refractivity contribution in [1.29, 1.82) is 0 Å². The average molecular weight is 520 g/mol. The minimum atomic E-state index is -3.55. The fraction of sp³-hybridized carbons (Fsp3) is 0.269. The molecule has 192 valence electrons. The number of hydrogen-bond acceptors (Lipinski definition) is 8. The normalized spacial score (nSPS) is 14.6. The Labute approximate surface area is 216 Å². The number of aromatic nitrogens is 3. The number of ketones is 1. The number of hydrogen-bond donors (Lipinski definition) is 1. The number of anilines is 4. The van der Waals surface area contributed by atoms with Gasteiger partial charge in [0, 0.05) is 56.4 Å². The number of carbonyl (C=O) groups excluding carboxylic acids is 1. The number of benzene rings is 2. The van der Waals surface area contributed by atoms with Crippen molar-refractivity contribution >= 4 is 44.5 Å². The van der Waals surface area contributed by atoms with E-state index in [1.807, 2.05) is 12.1 Å². The minimum Gasteiger partial charge on any atom is -0.369 e. The van der Waals surface area contributed by atoms with E-state index in [2.05, 4.69) is 44.4 Å². The molecule has 0 bridgehead atoms. The van der Waals surface area contributed by atoms with E-state index in [4.69, 9.17) is 0 Å². The Kier molecular flexibility index (Phi) is 6.57. The summed E-state index contributed by atoms with van der Waals surface area (Å²) in [5, 5.41) is 7.70. The molecule has 5 rings (SSSR count). The van der Waals surface area contributed by atoms with Crippen LogP contribution in [0.15, 0.2) is 66.9 Å². The van der Waals surface area contributed by atoms with Crippen molar-refractivity contribution in [3.05, 3.63) is 78.0 Å². The van der Waals surface area contributed by atoms with E-state index in [1.54, 1.807) is 42.6 Å². The van der Waals surface area contributed by atoms with E-state index in [0.29, 0.717) is 22.8 Å². The standard InChI is InChI=1S/C26H29N7O3S/c1-30-15-17-32(18-16-30)20-12-10-19(11-13-20)27-26-28-25-22(8-6-14-33(25)29-26)24(34)21-7-4-5-9-23(21)31(2)37(3,35)36/h4-14H,15-18H2,1-3H3,(H,27,29). The number of carbonyl (C=O) groups is 1. The number of rotatable bonds is 7. The van der Waals surface area contributed by atoms with Crippen LogP contribution in [0.1, 0.15) is 15.9 Å². The second kappa shape index (κ2) is 9.83. The highest BCUT2D eigenvalue weighted by Gasteiger charge is 2.23. The second-order valence-corrected chi connectivity index (χ2v) is 11.2. The summed E-state index contributed by atoms with van der Waals surface area (Å²) in [5.41, 5.74) is 3.27. The zero-order chi connectivity index (χ0) is 26.2. The van der Waals surface area contributed by atoms with Gasteiger partial charge in [0.1, 0.15) is 0 Å². The molecule has 0 radical (unpaired) electrons. The lowest BCUT2D eigenvalue weighted by atomic mass is 10.0. The van der Waals surface area contributed by atoms with Gasteiger partial charge in [0.25, 0.3) is 0 Å². The summed E-state index contributed by atoms with van der Waals surface area (Å²) in [6, 6.07) is 18.1. The van der Waals surface area contributed by atoms with Gasteiger partial charge < -0.3 is 15.1 Å². The molecule has 0 saturated carbocycles. The average Bonchev–Trinajstić information content (AvgIpc) is 3.31. The number of para-hydroxylation sites is 1. The lowest BCUT2D eigenvalue weighted by molar-refractivity contribution is 0.104. The van der Waals surface area contributed by atoms with E-state index in [-0.39, 0.29) is 11.3 Å². The van der Waals surface area contributed by atoms with E-state index >= 15 is 0 Å². The predicted octanol–water partition coefficient (Wildman–Crippen LogP) is 2.85. The smallest absolute Gasteiger partial charge is 0.247 e. The van der Waals surface area contributed by atoms with Crippen LogP contribution in [-0.4, -0.2) is 80.2 Å². The molecule has 1 fully saturated rings. The van der Waals surface area contributed by atoms with Crippen LogP contribution in [0.3, 0.4) is 0 Å². The number of nitrogens with zero attached hydrogens (tertiary/aromatic N) is 6. The number of fused-ring (bicyclic) bond motifs is 1. The number of likely N-dealkylation sites (N-methyl/N-ethyl adjacent to an activating group) is 1. The molecule has 10 nitrogen and oxygen atoms in total. The van der Waals surface area contributed by atoms with Crippen molar-refractivity contribution in [2.45, 2.75) is 0 Å². The van der Waals surface area contributed by atoms with Crippen molar-refractivity contribution in [3.8, 4) is 0 Å². The van der Waals surface area contributed by atoms with Gasteiger partial charge >= 0.3 is 0 Å². The number of piperazine rings is 1. The predicted molar refractivity (Wildman–Crippen MR) is 146 cm³/mol. The molecule has 0 spiro atoms. The summed E-state index contributed by atoms with van der Waals surface area (Å²) in [5.74, 6) is 0.0151. The van der Waals surface area contributed by atoms with Crippen molar-refractivity contribution in [3.63, 3.8) is 0 Å². The first-order valence-corrected chi connectivity index (χ1v) is 13.8. The Morgan fingerprint density at radius 2 is 1.62 bits per heavy atom. The molecule has 1 N–H and O–H groups in total. The van der Waals surface area contributed by atoms with Crippen LogP contribution in [0, 0.1) is 0 Å². The molecule has 1 aliphatic heterocycles. The van der Waals surface area contributed by atoms with Crippen LogP contribution in [0.5, 0.6) is 0 Å². The third kappa shape index (κ3) is 5.13. The van der Waals surface area contributed by atoms with Gasteiger partial charge in [0.05, 0.1) is 17.5 Å². The molecule has 2 aromatic heterocycles. The van der Waals surface area contributed by atoms with Gasteiger partial charge in [-0.2, -0.15) is 4.98 Å². The van der Waals surface area contributed by atoms with Gasteiger partial charge in [-0.1, -0.05) is 12.1 Å². The summed E-state index contributed by atoms with van der Waals surface area (Å²) < 4.78 is 26.9. The lowest BCUT2D eigenvalue weighted by Gasteiger charge is -2.34. The highest BCUT2D eigenvalue weighted by atomic mass is 32.2. The molecule has 0 aliphatic carbocycles. The number of sulfonamides is 1. The van der Waals surface area contributed by atoms with E-state index in [1.165, 1.54) is 17.3 Å². The van der Waals surface area contributed by atoms with Crippen LogP contribution in [0.4, 0.5) is 23.0 Å². The van der Waals surface area contributed by atoms with Crippen molar-refractivity contribution in [2.75, 3.05) is 61.1 Å². The first-order valence-electron chi connectivity index (χ1n) is 11.9. The molecule has 0 unspecified atom stereocenters. The maximum absolute atomic E-state index is 13.6. The Hall–Kier alpha value is -3.96. The van der Waals surface area contributed by atoms with Crippen LogP contribution in [-0.2, 0) is 10.0 Å². The first kappa shape index (κ1) is 24.7. The van der Waals surface area contributed by atoms with Crippen LogP contribution < -0.4 is 14.5 Å². The third-order valence-electron chi connectivity index (χ3n) is 6.58. The molecule has 1 saturated heterocycles. The number of nitrogens with one attached hydrogen (secondary N) is 1. The van der Waals surface area contributed by atoms with Crippen molar-refractivity contribution in [2.24, 2.45) is 0 Å². The molecule has 0 amide bonds. The molecule has 2 aromatic carbocycles. The zero-order valence-electron chi connectivity index (χ0n) is 21.0. The van der Waals surface area contributed by atoms with Crippen molar-refractivity contribution < 1.29 is 13.2 Å². The Balaban J connectivity index is 1.40. The highest BCUT2D eigenvalue weighted by molar-refractivity contribution is 7.92. The SMILES string of the molecule is CN1CCN(c2ccc(Nc3nc4c(C(=O)c5ccccc5N(C)S(C)(=O)=O)cccn4n3)cc2)CC1. The summed E-state index contributed by atoms with van der Waals surface area (Å²) in [6.07, 6.45) is 2.82. The summed E-state index contributed by atoms with van der Waals surface area (Å²) >= 11 is 0. The summed E-state index contributed by atoms with van der Waals surface area (Å²) in [7, 11) is 0.0165. The number of pyridine rings is 1. The van der Waals surface area contributed by atoms with E-state index < -0.39 is 10.0 Å². The van der Waals surface area contributed by atoms with Crippen molar-refractivity contribution in [1.82, 2.24) is 19.5 Å². The van der Waals surface area contributed by atoms with Gasteiger partial charge in [-0.3, -0.25) is 9.10 Å². The summed E-state index contributed by atoms with van der Waals surface area (Å²) in [4.78, 5) is 22.8. The monoisotopic (exact) mass is 519 g/mol. The zero-order valence-corrected chi connectivity index (χ0v) is 21.8. The van der Waals surface area contributed by atoms with Gasteiger partial charge in [0.15, 0.2) is 11.4 Å². The quantitative estimate of drug-likeness (QED) is 0.372. The minimum absolute atomic E-state index is 0.264. The Morgan fingerprint density at radius 3 is 2.32 bits per heavy atom. The molecular formula is C26H29N7O3S. The third-order valence-corrected chi connectivity index (χ3v) is 7.78. The fourth-order valence-corrected chi connectivity index (χ4v) is 4.87. The van der Waals surface area contributed by atoms with Gasteiger partial charge in [0.2, 0.25) is 16.0 Å². The second-order valence-electron chi connectivity index (χ2n) is 9.16.